The van der Waals surface area contributed by atoms with Gasteiger partial charge in [-0.15, -0.1) is 0 Å². The second-order valence-electron chi connectivity index (χ2n) is 4.63. The molecule has 0 fully saturated rings. The maximum Gasteiger partial charge on any atom is 0.317 e. The van der Waals surface area contributed by atoms with Crippen LogP contribution in [0.15, 0.2) is 18.2 Å². The number of nitrogens with zero attached hydrogens (tertiary/aromatic N) is 1. The topological polar surface area (TPSA) is 78.9 Å². The van der Waals surface area contributed by atoms with E-state index in [1.54, 1.807) is 13.0 Å². The van der Waals surface area contributed by atoms with E-state index in [1.807, 2.05) is 0 Å². The van der Waals surface area contributed by atoms with Crippen LogP contribution in [0, 0.1) is 5.82 Å². The quantitative estimate of drug-likeness (QED) is 0.842. The molecule has 0 aliphatic heterocycles. The molecule has 1 rings (SSSR count). The highest BCUT2D eigenvalue weighted by atomic mass is 19.1. The standard InChI is InChI=1S/C14H19FN2O4/c1-9(10-4-5-12(21-3)11(15)8-10)16-14(20)17(2)7-6-13(18)19/h4-5,8-9H,6-7H2,1-3H3,(H,16,20)(H,18,19). The highest BCUT2D eigenvalue weighted by Crippen LogP contribution is 2.21. The summed E-state index contributed by atoms with van der Waals surface area (Å²) in [4.78, 5) is 23.6. The molecule has 0 heterocycles. The zero-order chi connectivity index (χ0) is 16.0. The smallest absolute Gasteiger partial charge is 0.317 e. The van der Waals surface area contributed by atoms with Crippen LogP contribution in [0.25, 0.3) is 0 Å². The molecule has 21 heavy (non-hydrogen) atoms. The number of carbonyl (C=O) groups excluding carboxylic acids is 1. The maximum atomic E-state index is 13.6. The monoisotopic (exact) mass is 298 g/mol. The van der Waals surface area contributed by atoms with Gasteiger partial charge in [-0.1, -0.05) is 6.07 Å². The zero-order valence-corrected chi connectivity index (χ0v) is 12.2. The van der Waals surface area contributed by atoms with E-state index in [0.717, 1.165) is 0 Å². The average molecular weight is 298 g/mol. The Balaban J connectivity index is 2.63. The largest absolute Gasteiger partial charge is 0.494 e. The van der Waals surface area contributed by atoms with Crippen molar-refractivity contribution >= 4 is 12.0 Å². The van der Waals surface area contributed by atoms with Crippen molar-refractivity contribution < 1.29 is 23.8 Å². The van der Waals surface area contributed by atoms with E-state index in [0.29, 0.717) is 5.56 Å². The minimum Gasteiger partial charge on any atom is -0.494 e. The number of carboxylic acid groups (broad SMARTS) is 1. The Morgan fingerprint density at radius 1 is 1.48 bits per heavy atom. The summed E-state index contributed by atoms with van der Waals surface area (Å²) in [6.45, 7) is 1.81. The first-order valence-electron chi connectivity index (χ1n) is 6.42. The summed E-state index contributed by atoms with van der Waals surface area (Å²) >= 11 is 0. The van der Waals surface area contributed by atoms with Gasteiger partial charge in [0.2, 0.25) is 0 Å². The summed E-state index contributed by atoms with van der Waals surface area (Å²) < 4.78 is 18.4. The van der Waals surface area contributed by atoms with Crippen molar-refractivity contribution in [1.29, 1.82) is 0 Å². The fraction of sp³-hybridized carbons (Fsp3) is 0.429. The first kappa shape index (κ1) is 16.7. The molecule has 0 aliphatic carbocycles. The molecule has 0 aliphatic rings. The Bertz CT molecular complexity index is 522. The molecule has 1 unspecified atom stereocenters. The number of urea groups is 1. The lowest BCUT2D eigenvalue weighted by atomic mass is 10.1. The zero-order valence-electron chi connectivity index (χ0n) is 12.2. The predicted molar refractivity (Wildman–Crippen MR) is 74.8 cm³/mol. The van der Waals surface area contributed by atoms with Crippen molar-refractivity contribution in [3.8, 4) is 5.75 Å². The summed E-state index contributed by atoms with van der Waals surface area (Å²) in [6, 6.07) is 3.61. The van der Waals surface area contributed by atoms with Gasteiger partial charge in [0.15, 0.2) is 11.6 Å². The van der Waals surface area contributed by atoms with Gasteiger partial charge < -0.3 is 20.1 Å². The Morgan fingerprint density at radius 3 is 2.67 bits per heavy atom. The molecule has 0 saturated carbocycles. The van der Waals surface area contributed by atoms with Gasteiger partial charge in [-0.2, -0.15) is 0 Å². The van der Waals surface area contributed by atoms with Gasteiger partial charge in [-0.05, 0) is 24.6 Å². The minimum atomic E-state index is -0.972. The molecule has 7 heteroatoms. The molecule has 116 valence electrons. The summed E-state index contributed by atoms with van der Waals surface area (Å²) in [5.74, 6) is -1.34. The van der Waals surface area contributed by atoms with E-state index in [-0.39, 0.29) is 18.7 Å². The second-order valence-corrected chi connectivity index (χ2v) is 4.63. The highest BCUT2D eigenvalue weighted by molar-refractivity contribution is 5.75. The van der Waals surface area contributed by atoms with Crippen molar-refractivity contribution in [2.24, 2.45) is 0 Å². The number of benzene rings is 1. The van der Waals surface area contributed by atoms with E-state index in [4.69, 9.17) is 9.84 Å². The number of halogens is 1. The van der Waals surface area contributed by atoms with Gasteiger partial charge in [0.1, 0.15) is 0 Å². The Labute approximate surface area is 122 Å². The van der Waals surface area contributed by atoms with Crippen molar-refractivity contribution in [2.45, 2.75) is 19.4 Å². The molecule has 2 amide bonds. The van der Waals surface area contributed by atoms with Crippen LogP contribution in [0.1, 0.15) is 24.9 Å². The van der Waals surface area contributed by atoms with E-state index in [1.165, 1.54) is 31.2 Å². The number of ether oxygens (including phenoxy) is 1. The summed E-state index contributed by atoms with van der Waals surface area (Å²) in [6.07, 6.45) is -0.129. The predicted octanol–water partition coefficient (Wildman–Crippen LogP) is 2.01. The fourth-order valence-corrected chi connectivity index (χ4v) is 1.70. The molecule has 2 N–H and O–H groups in total. The SMILES string of the molecule is COc1ccc(C(C)NC(=O)N(C)CCC(=O)O)cc1F. The Hall–Kier alpha value is -2.31. The Morgan fingerprint density at radius 2 is 2.14 bits per heavy atom. The molecule has 6 nitrogen and oxygen atoms in total. The third-order valence-electron chi connectivity index (χ3n) is 3.02. The number of methoxy groups -OCH3 is 1. The molecule has 0 saturated heterocycles. The number of aliphatic carboxylic acids is 1. The second kappa shape index (κ2) is 7.47. The number of nitrogens with one attached hydrogen (secondary N) is 1. The van der Waals surface area contributed by atoms with Crippen LogP contribution < -0.4 is 10.1 Å². The molecule has 1 atom stereocenters. The van der Waals surface area contributed by atoms with Gasteiger partial charge in [0, 0.05) is 13.6 Å². The molecule has 0 spiro atoms. The van der Waals surface area contributed by atoms with Gasteiger partial charge in [-0.25, -0.2) is 9.18 Å². The Kier molecular flexibility index (Phi) is 5.95. The van der Waals surface area contributed by atoms with E-state index in [9.17, 15) is 14.0 Å². The van der Waals surface area contributed by atoms with Crippen LogP contribution in [-0.4, -0.2) is 42.7 Å². The van der Waals surface area contributed by atoms with Gasteiger partial charge in [-0.3, -0.25) is 4.79 Å². The molecular formula is C14H19FN2O4. The van der Waals surface area contributed by atoms with Crippen LogP contribution in [-0.2, 0) is 4.79 Å². The number of amides is 2. The molecule has 0 radical (unpaired) electrons. The van der Waals surface area contributed by atoms with Crippen molar-refractivity contribution in [2.75, 3.05) is 20.7 Å². The molecule has 0 aromatic heterocycles. The highest BCUT2D eigenvalue weighted by Gasteiger charge is 2.15. The number of carbonyl (C=O) groups is 2. The maximum absolute atomic E-state index is 13.6. The summed E-state index contributed by atoms with van der Waals surface area (Å²) in [5.41, 5.74) is 0.591. The molecule has 1 aromatic carbocycles. The first-order chi connectivity index (χ1) is 9.85. The van der Waals surface area contributed by atoms with Crippen molar-refractivity contribution in [3.63, 3.8) is 0 Å². The third kappa shape index (κ3) is 4.94. The molecule has 1 aromatic rings. The van der Waals surface area contributed by atoms with Gasteiger partial charge in [0.25, 0.3) is 0 Å². The van der Waals surface area contributed by atoms with Crippen LogP contribution >= 0.6 is 0 Å². The van der Waals surface area contributed by atoms with Crippen LogP contribution in [0.5, 0.6) is 5.75 Å². The normalized spacial score (nSPS) is 11.6. The van der Waals surface area contributed by atoms with Gasteiger partial charge in [0.05, 0.1) is 19.6 Å². The van der Waals surface area contributed by atoms with E-state index < -0.39 is 23.9 Å². The number of rotatable bonds is 6. The number of carboxylic acids is 1. The van der Waals surface area contributed by atoms with Gasteiger partial charge >= 0.3 is 12.0 Å². The van der Waals surface area contributed by atoms with Crippen molar-refractivity contribution in [3.05, 3.63) is 29.6 Å². The van der Waals surface area contributed by atoms with E-state index >= 15 is 0 Å². The third-order valence-corrected chi connectivity index (χ3v) is 3.02. The van der Waals surface area contributed by atoms with Crippen LogP contribution in [0.2, 0.25) is 0 Å². The van der Waals surface area contributed by atoms with Crippen LogP contribution in [0.3, 0.4) is 0 Å². The average Bonchev–Trinajstić information content (AvgIpc) is 2.44. The first-order valence-corrected chi connectivity index (χ1v) is 6.42. The van der Waals surface area contributed by atoms with Crippen molar-refractivity contribution in [1.82, 2.24) is 10.2 Å². The number of hydrogen-bond donors (Lipinski definition) is 2. The lowest BCUT2D eigenvalue weighted by molar-refractivity contribution is -0.137. The van der Waals surface area contributed by atoms with Crippen LogP contribution in [0.4, 0.5) is 9.18 Å². The lowest BCUT2D eigenvalue weighted by Crippen LogP contribution is -2.39. The molecule has 0 bridgehead atoms. The number of hydrogen-bond acceptors (Lipinski definition) is 3. The minimum absolute atomic E-state index is 0.102. The summed E-state index contributed by atoms with van der Waals surface area (Å²) in [7, 11) is 2.88. The lowest BCUT2D eigenvalue weighted by Gasteiger charge is -2.21. The molecular weight excluding hydrogens is 279 g/mol. The summed E-state index contributed by atoms with van der Waals surface area (Å²) in [5, 5.41) is 11.2. The fourth-order valence-electron chi connectivity index (χ4n) is 1.70. The van der Waals surface area contributed by atoms with E-state index in [2.05, 4.69) is 5.32 Å².